The molecule has 5 nitrogen and oxygen atoms in total. The van der Waals surface area contributed by atoms with Gasteiger partial charge in [0.05, 0.1) is 7.11 Å². The van der Waals surface area contributed by atoms with E-state index in [-0.39, 0.29) is 11.5 Å². The number of carbonyl (C=O) groups excluding carboxylic acids is 1. The third-order valence-corrected chi connectivity index (χ3v) is 3.06. The number of aromatic nitrogens is 2. The zero-order valence-corrected chi connectivity index (χ0v) is 12.6. The predicted octanol–water partition coefficient (Wildman–Crippen LogP) is 2.07. The van der Waals surface area contributed by atoms with Crippen molar-refractivity contribution in [1.82, 2.24) is 14.7 Å². The lowest BCUT2D eigenvalue weighted by Gasteiger charge is -2.11. The Labute approximate surface area is 122 Å². The van der Waals surface area contributed by atoms with Crippen molar-refractivity contribution in [3.63, 3.8) is 0 Å². The lowest BCUT2D eigenvalue weighted by molar-refractivity contribution is 0.0594. The zero-order chi connectivity index (χ0) is 15.6. The van der Waals surface area contributed by atoms with Gasteiger partial charge in [-0.25, -0.2) is 9.18 Å². The second kappa shape index (κ2) is 6.05. The number of aryl methyl sites for hydroxylation is 1. The number of nitrogens with zero attached hydrogens (tertiary/aromatic N) is 3. The number of benzene rings is 1. The Morgan fingerprint density at radius 2 is 2.14 bits per heavy atom. The number of methoxy groups -OCH3 is 1. The van der Waals surface area contributed by atoms with Crippen LogP contribution in [0.15, 0.2) is 24.4 Å². The van der Waals surface area contributed by atoms with Crippen molar-refractivity contribution in [2.45, 2.75) is 6.54 Å². The summed E-state index contributed by atoms with van der Waals surface area (Å²) in [5.41, 5.74) is 1.94. The number of ether oxygens (including phenoxy) is 1. The molecule has 1 aromatic carbocycles. The van der Waals surface area contributed by atoms with E-state index in [0.29, 0.717) is 23.2 Å². The van der Waals surface area contributed by atoms with E-state index in [2.05, 4.69) is 5.10 Å². The molecule has 0 N–H and O–H groups in total. The van der Waals surface area contributed by atoms with Crippen LogP contribution in [-0.2, 0) is 18.3 Å². The summed E-state index contributed by atoms with van der Waals surface area (Å²) in [6.07, 6.45) is 1.67. The third-order valence-electron chi connectivity index (χ3n) is 3.06. The van der Waals surface area contributed by atoms with Crippen LogP contribution in [0.2, 0.25) is 0 Å². The van der Waals surface area contributed by atoms with Crippen LogP contribution >= 0.6 is 0 Å². The molecule has 0 bridgehead atoms. The second-order valence-electron chi connectivity index (χ2n) is 5.10. The van der Waals surface area contributed by atoms with Crippen molar-refractivity contribution < 1.29 is 13.9 Å². The predicted molar refractivity (Wildman–Crippen MR) is 77.3 cm³/mol. The molecule has 21 heavy (non-hydrogen) atoms. The van der Waals surface area contributed by atoms with Gasteiger partial charge in [0.2, 0.25) is 0 Å². The summed E-state index contributed by atoms with van der Waals surface area (Å²) in [6, 6.07) is 4.92. The molecule has 0 radical (unpaired) electrons. The fourth-order valence-corrected chi connectivity index (χ4v) is 2.13. The minimum Gasteiger partial charge on any atom is -0.464 e. The molecule has 0 fully saturated rings. The van der Waals surface area contributed by atoms with Crippen LogP contribution in [0.3, 0.4) is 0 Å². The summed E-state index contributed by atoms with van der Waals surface area (Å²) in [5, 5.41) is 4.07. The number of esters is 1. The molecule has 0 spiro atoms. The first-order valence-electron chi connectivity index (χ1n) is 6.48. The Kier molecular flexibility index (Phi) is 4.37. The first kappa shape index (κ1) is 15.2. The zero-order valence-electron chi connectivity index (χ0n) is 12.6. The highest BCUT2D eigenvalue weighted by atomic mass is 19.1. The van der Waals surface area contributed by atoms with Gasteiger partial charge in [-0.3, -0.25) is 4.68 Å². The number of rotatable bonds is 4. The lowest BCUT2D eigenvalue weighted by Crippen LogP contribution is -2.12. The molecule has 0 amide bonds. The van der Waals surface area contributed by atoms with Gasteiger partial charge in [-0.15, -0.1) is 0 Å². The SMILES string of the molecule is COC(=O)c1nn(C)cc1-c1ccc(CN(C)C)c(F)c1. The van der Waals surface area contributed by atoms with Crippen molar-refractivity contribution in [3.8, 4) is 11.1 Å². The van der Waals surface area contributed by atoms with Gasteiger partial charge in [0.1, 0.15) is 5.82 Å². The summed E-state index contributed by atoms with van der Waals surface area (Å²) >= 11 is 0. The van der Waals surface area contributed by atoms with E-state index in [1.807, 2.05) is 19.0 Å². The Balaban J connectivity index is 2.43. The lowest BCUT2D eigenvalue weighted by atomic mass is 10.0. The van der Waals surface area contributed by atoms with E-state index in [1.165, 1.54) is 17.9 Å². The maximum atomic E-state index is 14.1. The Bertz CT molecular complexity index is 665. The Morgan fingerprint density at radius 1 is 1.43 bits per heavy atom. The third kappa shape index (κ3) is 3.28. The molecule has 0 saturated carbocycles. The fourth-order valence-electron chi connectivity index (χ4n) is 2.13. The highest BCUT2D eigenvalue weighted by Gasteiger charge is 2.18. The van der Waals surface area contributed by atoms with E-state index in [4.69, 9.17) is 4.74 Å². The van der Waals surface area contributed by atoms with Gasteiger partial charge in [0.25, 0.3) is 0 Å². The summed E-state index contributed by atoms with van der Waals surface area (Å²) in [4.78, 5) is 13.6. The maximum absolute atomic E-state index is 14.1. The van der Waals surface area contributed by atoms with E-state index >= 15 is 0 Å². The largest absolute Gasteiger partial charge is 0.464 e. The average Bonchev–Trinajstić information content (AvgIpc) is 2.82. The van der Waals surface area contributed by atoms with Crippen LogP contribution in [0.25, 0.3) is 11.1 Å². The second-order valence-corrected chi connectivity index (χ2v) is 5.10. The maximum Gasteiger partial charge on any atom is 0.359 e. The normalized spacial score (nSPS) is 11.0. The van der Waals surface area contributed by atoms with Gasteiger partial charge in [0, 0.05) is 30.9 Å². The first-order chi connectivity index (χ1) is 9.92. The van der Waals surface area contributed by atoms with Gasteiger partial charge in [-0.2, -0.15) is 5.10 Å². The van der Waals surface area contributed by atoms with E-state index in [0.717, 1.165) is 0 Å². The highest BCUT2D eigenvalue weighted by molar-refractivity contribution is 5.95. The molecule has 1 aromatic heterocycles. The minimum absolute atomic E-state index is 0.180. The molecule has 0 aliphatic rings. The monoisotopic (exact) mass is 291 g/mol. The van der Waals surface area contributed by atoms with Crippen molar-refractivity contribution in [3.05, 3.63) is 41.5 Å². The van der Waals surface area contributed by atoms with Crippen LogP contribution in [0.1, 0.15) is 16.1 Å². The van der Waals surface area contributed by atoms with E-state index in [1.54, 1.807) is 25.4 Å². The Morgan fingerprint density at radius 3 is 2.71 bits per heavy atom. The molecule has 0 atom stereocenters. The summed E-state index contributed by atoms with van der Waals surface area (Å²) < 4.78 is 20.4. The van der Waals surface area contributed by atoms with Crippen LogP contribution < -0.4 is 0 Å². The molecule has 2 aromatic rings. The molecular formula is C15H18FN3O2. The number of carbonyl (C=O) groups is 1. The summed E-state index contributed by atoms with van der Waals surface area (Å²) in [6.45, 7) is 0.517. The quantitative estimate of drug-likeness (QED) is 0.809. The van der Waals surface area contributed by atoms with Crippen LogP contribution in [0, 0.1) is 5.82 Å². The molecule has 0 saturated heterocycles. The van der Waals surface area contributed by atoms with Crippen LogP contribution in [-0.4, -0.2) is 41.9 Å². The highest BCUT2D eigenvalue weighted by Crippen LogP contribution is 2.25. The van der Waals surface area contributed by atoms with Gasteiger partial charge >= 0.3 is 5.97 Å². The molecular weight excluding hydrogens is 273 g/mol. The van der Waals surface area contributed by atoms with Gasteiger partial charge in [-0.1, -0.05) is 12.1 Å². The van der Waals surface area contributed by atoms with E-state index in [9.17, 15) is 9.18 Å². The van der Waals surface area contributed by atoms with Crippen molar-refractivity contribution in [2.75, 3.05) is 21.2 Å². The number of hydrogen-bond acceptors (Lipinski definition) is 4. The average molecular weight is 291 g/mol. The van der Waals surface area contributed by atoms with Crippen molar-refractivity contribution in [1.29, 1.82) is 0 Å². The molecule has 112 valence electrons. The summed E-state index contributed by atoms with van der Waals surface area (Å²) in [7, 11) is 6.75. The molecule has 0 unspecified atom stereocenters. The molecule has 2 rings (SSSR count). The molecule has 0 aliphatic heterocycles. The number of halogens is 1. The van der Waals surface area contributed by atoms with Crippen molar-refractivity contribution in [2.24, 2.45) is 7.05 Å². The van der Waals surface area contributed by atoms with Gasteiger partial charge < -0.3 is 9.64 Å². The molecule has 0 aliphatic carbocycles. The fraction of sp³-hybridized carbons (Fsp3) is 0.333. The smallest absolute Gasteiger partial charge is 0.359 e. The van der Waals surface area contributed by atoms with Crippen LogP contribution in [0.5, 0.6) is 0 Å². The summed E-state index contributed by atoms with van der Waals surface area (Å²) in [5.74, 6) is -0.843. The van der Waals surface area contributed by atoms with Crippen molar-refractivity contribution >= 4 is 5.97 Å². The van der Waals surface area contributed by atoms with Gasteiger partial charge in [0.15, 0.2) is 5.69 Å². The minimum atomic E-state index is -0.539. The van der Waals surface area contributed by atoms with Crippen LogP contribution in [0.4, 0.5) is 4.39 Å². The number of hydrogen-bond donors (Lipinski definition) is 0. The first-order valence-corrected chi connectivity index (χ1v) is 6.48. The van der Waals surface area contributed by atoms with Gasteiger partial charge in [-0.05, 0) is 25.7 Å². The standard InChI is InChI=1S/C15H18FN3O2/c1-18(2)8-11-6-5-10(7-13(11)16)12-9-19(3)17-14(12)15(20)21-4/h5-7,9H,8H2,1-4H3. The topological polar surface area (TPSA) is 47.4 Å². The van der Waals surface area contributed by atoms with E-state index < -0.39 is 5.97 Å². The Hall–Kier alpha value is -2.21. The molecule has 1 heterocycles. The molecule has 6 heteroatoms.